The van der Waals surface area contributed by atoms with Crippen LogP contribution in [0.15, 0.2) is 41.7 Å². The van der Waals surface area contributed by atoms with Crippen LogP contribution < -0.4 is 10.1 Å². The third-order valence-corrected chi connectivity index (χ3v) is 3.60. The van der Waals surface area contributed by atoms with Crippen LogP contribution >= 0.6 is 11.6 Å². The van der Waals surface area contributed by atoms with E-state index in [0.717, 1.165) is 0 Å². The third kappa shape index (κ3) is 5.11. The molecule has 2 N–H and O–H groups in total. The monoisotopic (exact) mass is 392 g/mol. The number of phenolic OH excluding ortho intramolecular Hbond substituents is 1. The number of methoxy groups -OCH3 is 1. The molecule has 0 saturated heterocycles. The number of hydrogen-bond acceptors (Lipinski definition) is 5. The minimum absolute atomic E-state index is 0.118. The Hall–Kier alpha value is -3.26. The molecule has 0 spiro atoms. The number of carbonyl (C=O) groups is 2. The van der Waals surface area contributed by atoms with Gasteiger partial charge in [-0.1, -0.05) is 11.6 Å². The van der Waals surface area contributed by atoms with Gasteiger partial charge in [-0.2, -0.15) is 4.99 Å². The molecule has 1 aromatic carbocycles. The van der Waals surface area contributed by atoms with Crippen molar-refractivity contribution in [1.29, 1.82) is 0 Å². The van der Waals surface area contributed by atoms with Crippen LogP contribution in [-0.4, -0.2) is 40.6 Å². The molecule has 0 saturated carbocycles. The summed E-state index contributed by atoms with van der Waals surface area (Å²) in [4.78, 5) is 26.7. The molecule has 0 fully saturated rings. The molecule has 0 radical (unpaired) electrons. The predicted molar refractivity (Wildman–Crippen MR) is 98.5 cm³/mol. The van der Waals surface area contributed by atoms with Gasteiger partial charge in [0.1, 0.15) is 5.70 Å². The Balaban J connectivity index is 2.47. The molecular formula is C18H17ClN2O6. The van der Waals surface area contributed by atoms with Crippen LogP contribution in [0.2, 0.25) is 5.02 Å². The Kier molecular flexibility index (Phi) is 6.62. The highest BCUT2D eigenvalue weighted by atomic mass is 35.5. The molecule has 0 aliphatic carbocycles. The lowest BCUT2D eigenvalue weighted by atomic mass is 10.1. The standard InChI is InChI=1S/C18H17ClN2O6/c1-3-27-18(25)20-13-4-6-21(7-5-13)14(17(23)24)9-11-8-12(19)10-15(26-2)16(11)22/h4-10,22H,3H2,1-2H3,(H,23,24). The number of pyridine rings is 1. The first-order valence-electron chi connectivity index (χ1n) is 7.77. The van der Waals surface area contributed by atoms with Gasteiger partial charge in [0.25, 0.3) is 0 Å². The molecule has 9 heteroatoms. The van der Waals surface area contributed by atoms with E-state index in [4.69, 9.17) is 21.1 Å². The lowest BCUT2D eigenvalue weighted by Crippen LogP contribution is -2.12. The van der Waals surface area contributed by atoms with Crippen molar-refractivity contribution in [3.8, 4) is 11.5 Å². The van der Waals surface area contributed by atoms with Gasteiger partial charge in [-0.15, -0.1) is 0 Å². The number of ether oxygens (including phenoxy) is 2. The first-order valence-corrected chi connectivity index (χ1v) is 8.15. The number of aromatic nitrogens is 1. The zero-order chi connectivity index (χ0) is 20.0. The molecule has 2 aromatic rings. The van der Waals surface area contributed by atoms with Gasteiger partial charge in [0.15, 0.2) is 11.5 Å². The fraction of sp³-hybridized carbons (Fsp3) is 0.167. The number of benzene rings is 1. The Labute approximate surface area is 159 Å². The van der Waals surface area contributed by atoms with Crippen molar-refractivity contribution in [2.75, 3.05) is 13.7 Å². The minimum Gasteiger partial charge on any atom is -0.504 e. The maximum atomic E-state index is 11.7. The van der Waals surface area contributed by atoms with E-state index >= 15 is 0 Å². The van der Waals surface area contributed by atoms with E-state index in [2.05, 4.69) is 4.99 Å². The summed E-state index contributed by atoms with van der Waals surface area (Å²) in [6.45, 7) is 1.87. The molecule has 0 atom stereocenters. The van der Waals surface area contributed by atoms with Crippen molar-refractivity contribution in [3.05, 3.63) is 52.6 Å². The SMILES string of the molecule is CCOC(=O)N=c1ccn(C(=Cc2cc(Cl)cc(OC)c2O)C(=O)O)cc1. The zero-order valence-electron chi connectivity index (χ0n) is 14.5. The number of carbonyl (C=O) groups excluding carboxylic acids is 1. The summed E-state index contributed by atoms with van der Waals surface area (Å²) in [5.74, 6) is -1.37. The van der Waals surface area contributed by atoms with Crippen LogP contribution in [-0.2, 0) is 9.53 Å². The number of hydrogen-bond donors (Lipinski definition) is 2. The topological polar surface area (TPSA) is 110 Å². The van der Waals surface area contributed by atoms with Crippen LogP contribution in [0.3, 0.4) is 0 Å². The number of aliphatic carboxylic acids is 1. The smallest absolute Gasteiger partial charge is 0.434 e. The number of halogens is 1. The van der Waals surface area contributed by atoms with Gasteiger partial charge in [-0.05, 0) is 31.2 Å². The van der Waals surface area contributed by atoms with E-state index in [1.807, 2.05) is 0 Å². The van der Waals surface area contributed by atoms with E-state index in [9.17, 15) is 19.8 Å². The molecule has 0 aliphatic heterocycles. The molecule has 0 unspecified atom stereocenters. The van der Waals surface area contributed by atoms with Gasteiger partial charge in [0.2, 0.25) is 0 Å². The van der Waals surface area contributed by atoms with Crippen LogP contribution in [0, 0.1) is 0 Å². The van der Waals surface area contributed by atoms with Gasteiger partial charge in [-0.3, -0.25) is 0 Å². The van der Waals surface area contributed by atoms with Gasteiger partial charge in [0.05, 0.1) is 19.1 Å². The Bertz CT molecular complexity index is 944. The lowest BCUT2D eigenvalue weighted by Gasteiger charge is -2.10. The van der Waals surface area contributed by atoms with Crippen LogP contribution in [0.25, 0.3) is 11.8 Å². The Morgan fingerprint density at radius 1 is 1.30 bits per heavy atom. The summed E-state index contributed by atoms with van der Waals surface area (Å²) in [5, 5.41) is 20.3. The highest BCUT2D eigenvalue weighted by Gasteiger charge is 2.14. The number of phenols is 1. The fourth-order valence-corrected chi connectivity index (χ4v) is 2.39. The largest absolute Gasteiger partial charge is 0.504 e. The summed E-state index contributed by atoms with van der Waals surface area (Å²) < 4.78 is 11.0. The maximum Gasteiger partial charge on any atom is 0.434 e. The first kappa shape index (κ1) is 20.1. The average molecular weight is 393 g/mol. The Morgan fingerprint density at radius 2 is 1.96 bits per heavy atom. The molecule has 1 amide bonds. The van der Waals surface area contributed by atoms with Crippen LogP contribution in [0.1, 0.15) is 12.5 Å². The Morgan fingerprint density at radius 3 is 2.52 bits per heavy atom. The molecule has 142 valence electrons. The molecule has 1 aromatic heterocycles. The first-order chi connectivity index (χ1) is 12.8. The van der Waals surface area contributed by atoms with Crippen molar-refractivity contribution in [3.63, 3.8) is 0 Å². The molecule has 27 heavy (non-hydrogen) atoms. The normalized spacial score (nSPS) is 11.0. The van der Waals surface area contributed by atoms with E-state index in [0.29, 0.717) is 5.36 Å². The van der Waals surface area contributed by atoms with Crippen molar-refractivity contribution < 1.29 is 29.3 Å². The number of nitrogens with zero attached hydrogens (tertiary/aromatic N) is 2. The third-order valence-electron chi connectivity index (χ3n) is 3.38. The van der Waals surface area contributed by atoms with E-state index in [-0.39, 0.29) is 34.4 Å². The van der Waals surface area contributed by atoms with E-state index in [1.54, 1.807) is 6.92 Å². The predicted octanol–water partition coefficient (Wildman–Crippen LogP) is 3.00. The van der Waals surface area contributed by atoms with Gasteiger partial charge < -0.3 is 24.3 Å². The molecule has 8 nitrogen and oxygen atoms in total. The summed E-state index contributed by atoms with van der Waals surface area (Å²) in [6, 6.07) is 5.72. The van der Waals surface area contributed by atoms with E-state index in [1.165, 1.54) is 54.4 Å². The zero-order valence-corrected chi connectivity index (χ0v) is 15.3. The highest BCUT2D eigenvalue weighted by molar-refractivity contribution is 6.31. The average Bonchev–Trinajstić information content (AvgIpc) is 2.62. The van der Waals surface area contributed by atoms with Crippen LogP contribution in [0.5, 0.6) is 11.5 Å². The summed E-state index contributed by atoms with van der Waals surface area (Å²) in [5.41, 5.74) is 0.00171. The second-order valence-corrected chi connectivity index (χ2v) is 5.59. The number of aromatic hydroxyl groups is 1. The summed E-state index contributed by atoms with van der Waals surface area (Å²) in [6.07, 6.45) is 3.34. The molecule has 2 rings (SSSR count). The van der Waals surface area contributed by atoms with Crippen LogP contribution in [0.4, 0.5) is 4.79 Å². The molecular weight excluding hydrogens is 376 g/mol. The van der Waals surface area contributed by atoms with E-state index < -0.39 is 12.1 Å². The number of rotatable bonds is 5. The fourth-order valence-electron chi connectivity index (χ4n) is 2.17. The van der Waals surface area contributed by atoms with Crippen molar-refractivity contribution >= 4 is 35.4 Å². The minimum atomic E-state index is -1.24. The van der Waals surface area contributed by atoms with Crippen molar-refractivity contribution in [1.82, 2.24) is 4.57 Å². The number of amides is 1. The van der Waals surface area contributed by atoms with Gasteiger partial charge in [-0.25, -0.2) is 9.59 Å². The molecule has 1 heterocycles. The van der Waals surface area contributed by atoms with Crippen molar-refractivity contribution in [2.24, 2.45) is 4.99 Å². The number of carboxylic acids is 1. The summed E-state index contributed by atoms with van der Waals surface area (Å²) >= 11 is 5.97. The second kappa shape index (κ2) is 8.91. The quantitative estimate of drug-likeness (QED) is 0.757. The number of carboxylic acid groups (broad SMARTS) is 1. The van der Waals surface area contributed by atoms with Gasteiger partial charge >= 0.3 is 12.1 Å². The van der Waals surface area contributed by atoms with Crippen molar-refractivity contribution in [2.45, 2.75) is 6.92 Å². The lowest BCUT2D eigenvalue weighted by molar-refractivity contribution is -0.130. The second-order valence-electron chi connectivity index (χ2n) is 5.15. The molecule has 0 aliphatic rings. The van der Waals surface area contributed by atoms with Gasteiger partial charge in [0, 0.05) is 29.0 Å². The summed E-state index contributed by atoms with van der Waals surface area (Å²) in [7, 11) is 1.36. The molecule has 0 bridgehead atoms. The maximum absolute atomic E-state index is 11.7. The highest BCUT2D eigenvalue weighted by Crippen LogP contribution is 2.35.